The maximum atomic E-state index is 12.2. The Balaban J connectivity index is 1.40. The third-order valence-corrected chi connectivity index (χ3v) is 5.16. The monoisotopic (exact) mass is 337 g/mol. The Morgan fingerprint density at radius 1 is 1.00 bits per heavy atom. The van der Waals surface area contributed by atoms with Gasteiger partial charge in [0.25, 0.3) is 0 Å². The van der Waals surface area contributed by atoms with Gasteiger partial charge in [0.1, 0.15) is 5.75 Å². The highest BCUT2D eigenvalue weighted by molar-refractivity contribution is 5.76. The molecule has 0 aliphatic heterocycles. The van der Waals surface area contributed by atoms with E-state index >= 15 is 0 Å². The molecule has 1 N–H and O–H groups in total. The van der Waals surface area contributed by atoms with Crippen LogP contribution < -0.4 is 10.1 Å². The van der Waals surface area contributed by atoms with Crippen LogP contribution in [0.3, 0.4) is 0 Å². The minimum Gasteiger partial charge on any atom is -0.497 e. The number of carbonyl (C=O) groups excluding carboxylic acids is 1. The zero-order valence-electron chi connectivity index (χ0n) is 14.9. The lowest BCUT2D eigenvalue weighted by Crippen LogP contribution is -2.37. The van der Waals surface area contributed by atoms with Crippen LogP contribution in [0, 0.1) is 0 Å². The van der Waals surface area contributed by atoms with Crippen molar-refractivity contribution in [3.05, 3.63) is 65.7 Å². The van der Waals surface area contributed by atoms with Crippen molar-refractivity contribution in [3.63, 3.8) is 0 Å². The van der Waals surface area contributed by atoms with Gasteiger partial charge in [-0.3, -0.25) is 4.79 Å². The molecule has 1 amide bonds. The number of carbonyl (C=O) groups is 1. The van der Waals surface area contributed by atoms with E-state index < -0.39 is 0 Å². The lowest BCUT2D eigenvalue weighted by Gasteiger charge is -2.29. The van der Waals surface area contributed by atoms with E-state index in [9.17, 15) is 4.79 Å². The highest BCUT2D eigenvalue weighted by Gasteiger charge is 2.23. The Bertz CT molecular complexity index is 658. The van der Waals surface area contributed by atoms with Crippen molar-refractivity contribution in [2.45, 2.75) is 50.5 Å². The summed E-state index contributed by atoms with van der Waals surface area (Å²) in [6.07, 6.45) is 5.79. The molecule has 3 heteroatoms. The second-order valence-corrected chi connectivity index (χ2v) is 6.87. The first-order chi connectivity index (χ1) is 12.2. The molecule has 0 aromatic heterocycles. The van der Waals surface area contributed by atoms with Gasteiger partial charge in [-0.2, -0.15) is 0 Å². The van der Waals surface area contributed by atoms with E-state index in [2.05, 4.69) is 35.6 Å². The molecule has 2 aromatic carbocycles. The van der Waals surface area contributed by atoms with Crippen molar-refractivity contribution in [1.29, 1.82) is 0 Å². The van der Waals surface area contributed by atoms with Crippen molar-refractivity contribution in [1.82, 2.24) is 5.32 Å². The summed E-state index contributed by atoms with van der Waals surface area (Å²) in [7, 11) is 1.66. The van der Waals surface area contributed by atoms with Gasteiger partial charge >= 0.3 is 0 Å². The van der Waals surface area contributed by atoms with E-state index in [0.29, 0.717) is 18.4 Å². The predicted molar refractivity (Wildman–Crippen MR) is 101 cm³/mol. The van der Waals surface area contributed by atoms with Crippen molar-refractivity contribution in [2.75, 3.05) is 7.11 Å². The minimum absolute atomic E-state index is 0.166. The lowest BCUT2D eigenvalue weighted by atomic mass is 9.82. The number of benzene rings is 2. The fourth-order valence-corrected chi connectivity index (χ4v) is 3.65. The van der Waals surface area contributed by atoms with Gasteiger partial charge in [-0.1, -0.05) is 42.5 Å². The smallest absolute Gasteiger partial charge is 0.220 e. The summed E-state index contributed by atoms with van der Waals surface area (Å²) in [6, 6.07) is 19.0. The number of rotatable bonds is 6. The maximum absolute atomic E-state index is 12.2. The van der Waals surface area contributed by atoms with Gasteiger partial charge in [-0.05, 0) is 61.3 Å². The topological polar surface area (TPSA) is 38.3 Å². The molecule has 1 saturated carbocycles. The molecule has 0 bridgehead atoms. The molecule has 1 aliphatic rings. The summed E-state index contributed by atoms with van der Waals surface area (Å²) < 4.78 is 5.16. The van der Waals surface area contributed by atoms with Gasteiger partial charge in [0.05, 0.1) is 7.11 Å². The SMILES string of the molecule is COc1ccc(CCC(=O)NC2CCC(c3ccccc3)CC2)cc1. The fraction of sp³-hybridized carbons (Fsp3) is 0.409. The highest BCUT2D eigenvalue weighted by atomic mass is 16.5. The van der Waals surface area contributed by atoms with Crippen LogP contribution in [0.4, 0.5) is 0 Å². The van der Waals surface area contributed by atoms with Crippen molar-refractivity contribution in [3.8, 4) is 5.75 Å². The van der Waals surface area contributed by atoms with Gasteiger partial charge in [0.15, 0.2) is 0 Å². The summed E-state index contributed by atoms with van der Waals surface area (Å²) in [6.45, 7) is 0. The summed E-state index contributed by atoms with van der Waals surface area (Å²) in [5, 5.41) is 3.22. The second-order valence-electron chi connectivity index (χ2n) is 6.87. The van der Waals surface area contributed by atoms with Crippen molar-refractivity contribution in [2.24, 2.45) is 0 Å². The summed E-state index contributed by atoms with van der Waals surface area (Å²) >= 11 is 0. The van der Waals surface area contributed by atoms with E-state index in [1.807, 2.05) is 24.3 Å². The van der Waals surface area contributed by atoms with Crippen LogP contribution in [0.15, 0.2) is 54.6 Å². The summed E-state index contributed by atoms with van der Waals surface area (Å²) in [5.74, 6) is 1.66. The molecule has 1 aliphatic carbocycles. The standard InChI is InChI=1S/C22H27NO2/c1-25-21-14-7-17(8-15-21)9-16-22(24)23-20-12-10-19(11-13-20)18-5-3-2-4-6-18/h2-8,14-15,19-20H,9-13,16H2,1H3,(H,23,24). The van der Waals surface area contributed by atoms with Gasteiger partial charge in [-0.15, -0.1) is 0 Å². The van der Waals surface area contributed by atoms with E-state index in [1.54, 1.807) is 7.11 Å². The lowest BCUT2D eigenvalue weighted by molar-refractivity contribution is -0.122. The third-order valence-electron chi connectivity index (χ3n) is 5.16. The van der Waals surface area contributed by atoms with Gasteiger partial charge in [-0.25, -0.2) is 0 Å². The van der Waals surface area contributed by atoms with Crippen LogP contribution in [0.1, 0.15) is 49.1 Å². The molecule has 0 unspecified atom stereocenters. The molecule has 25 heavy (non-hydrogen) atoms. The number of hydrogen-bond donors (Lipinski definition) is 1. The molecule has 3 nitrogen and oxygen atoms in total. The van der Waals surface area contributed by atoms with Crippen molar-refractivity contribution < 1.29 is 9.53 Å². The maximum Gasteiger partial charge on any atom is 0.220 e. The van der Waals surface area contributed by atoms with Gasteiger partial charge in [0.2, 0.25) is 5.91 Å². The molecule has 0 spiro atoms. The Labute approximate surface area is 150 Å². The number of hydrogen-bond acceptors (Lipinski definition) is 2. The number of methoxy groups -OCH3 is 1. The van der Waals surface area contributed by atoms with E-state index in [4.69, 9.17) is 4.74 Å². The first kappa shape index (κ1) is 17.5. The Morgan fingerprint density at radius 3 is 2.32 bits per heavy atom. The molecule has 0 saturated heterocycles. The quantitative estimate of drug-likeness (QED) is 0.844. The fourth-order valence-electron chi connectivity index (χ4n) is 3.65. The first-order valence-corrected chi connectivity index (χ1v) is 9.22. The Kier molecular flexibility index (Phi) is 6.10. The normalized spacial score (nSPS) is 20.0. The number of amides is 1. The predicted octanol–water partition coefficient (Wildman–Crippen LogP) is 4.47. The average molecular weight is 337 g/mol. The Hall–Kier alpha value is -2.29. The molecule has 132 valence electrons. The van der Waals surface area contributed by atoms with Gasteiger partial charge in [0, 0.05) is 12.5 Å². The summed E-state index contributed by atoms with van der Waals surface area (Å²) in [5.41, 5.74) is 2.61. The minimum atomic E-state index is 0.166. The molecular formula is C22H27NO2. The zero-order chi connectivity index (χ0) is 17.5. The third kappa shape index (κ3) is 5.09. The van der Waals surface area contributed by atoms with Crippen LogP contribution in [0.5, 0.6) is 5.75 Å². The molecule has 1 fully saturated rings. The van der Waals surface area contributed by atoms with Crippen molar-refractivity contribution >= 4 is 5.91 Å². The molecule has 0 heterocycles. The van der Waals surface area contributed by atoms with Crippen LogP contribution in [0.2, 0.25) is 0 Å². The molecule has 2 aromatic rings. The van der Waals surface area contributed by atoms with E-state index in [0.717, 1.165) is 37.9 Å². The molecule has 0 atom stereocenters. The number of aryl methyl sites for hydroxylation is 1. The molecular weight excluding hydrogens is 310 g/mol. The van der Waals surface area contributed by atoms with E-state index in [-0.39, 0.29) is 5.91 Å². The van der Waals surface area contributed by atoms with E-state index in [1.165, 1.54) is 11.1 Å². The largest absolute Gasteiger partial charge is 0.497 e. The Morgan fingerprint density at radius 2 is 1.68 bits per heavy atom. The second kappa shape index (κ2) is 8.70. The van der Waals surface area contributed by atoms with Gasteiger partial charge < -0.3 is 10.1 Å². The number of ether oxygens (including phenoxy) is 1. The molecule has 0 radical (unpaired) electrons. The van der Waals surface area contributed by atoms with Crippen LogP contribution in [-0.2, 0) is 11.2 Å². The van der Waals surface area contributed by atoms with Crippen LogP contribution in [0.25, 0.3) is 0 Å². The average Bonchev–Trinajstić information content (AvgIpc) is 2.68. The van der Waals surface area contributed by atoms with Crippen LogP contribution >= 0.6 is 0 Å². The zero-order valence-corrected chi connectivity index (χ0v) is 14.9. The molecule has 3 rings (SSSR count). The number of nitrogens with one attached hydrogen (secondary N) is 1. The highest BCUT2D eigenvalue weighted by Crippen LogP contribution is 2.32. The summed E-state index contributed by atoms with van der Waals surface area (Å²) in [4.78, 5) is 12.2. The first-order valence-electron chi connectivity index (χ1n) is 9.22. The van der Waals surface area contributed by atoms with Crippen LogP contribution in [-0.4, -0.2) is 19.1 Å².